The molecular formula is C11H9N3O2. The Labute approximate surface area is 91.5 Å². The molecule has 2 heterocycles. The number of nitrogens with zero attached hydrogens (tertiary/aromatic N) is 2. The van der Waals surface area contributed by atoms with Crippen molar-refractivity contribution in [3.63, 3.8) is 0 Å². The summed E-state index contributed by atoms with van der Waals surface area (Å²) in [6, 6.07) is 0. The standard InChI is InChI=1S/C11H9N3O2/c1-16-4-2-3-8-5-13-11(15)9-6-12-7-14-10(8)9/h5-7H,4H2,1H3,(H,13,15). The molecule has 0 aliphatic carbocycles. The average Bonchev–Trinajstić information content (AvgIpc) is 2.33. The molecule has 0 radical (unpaired) electrons. The number of H-pyrrole nitrogens is 1. The van der Waals surface area contributed by atoms with Gasteiger partial charge in [-0.1, -0.05) is 11.8 Å². The van der Waals surface area contributed by atoms with Crippen LogP contribution in [0.1, 0.15) is 5.56 Å². The first-order chi connectivity index (χ1) is 7.83. The van der Waals surface area contributed by atoms with Gasteiger partial charge in [-0.05, 0) is 0 Å². The van der Waals surface area contributed by atoms with Gasteiger partial charge in [0.1, 0.15) is 12.9 Å². The molecule has 0 saturated carbocycles. The lowest BCUT2D eigenvalue weighted by Crippen LogP contribution is -2.07. The molecule has 0 aliphatic heterocycles. The third-order valence-corrected chi connectivity index (χ3v) is 2.00. The first-order valence-corrected chi connectivity index (χ1v) is 4.62. The number of rotatable bonds is 1. The molecule has 0 spiro atoms. The molecule has 5 nitrogen and oxygen atoms in total. The molecular weight excluding hydrogens is 206 g/mol. The Morgan fingerprint density at radius 3 is 3.25 bits per heavy atom. The molecule has 16 heavy (non-hydrogen) atoms. The summed E-state index contributed by atoms with van der Waals surface area (Å²) in [5, 5.41) is 0.437. The maximum atomic E-state index is 11.5. The number of aromatic nitrogens is 3. The van der Waals surface area contributed by atoms with Crippen LogP contribution in [0.3, 0.4) is 0 Å². The van der Waals surface area contributed by atoms with Crippen molar-refractivity contribution < 1.29 is 4.74 Å². The Bertz CT molecular complexity index is 622. The molecule has 80 valence electrons. The molecule has 2 aromatic heterocycles. The van der Waals surface area contributed by atoms with Crippen molar-refractivity contribution in [1.82, 2.24) is 15.0 Å². The number of hydrogen-bond acceptors (Lipinski definition) is 4. The number of aromatic amines is 1. The first kappa shape index (κ1) is 10.3. The van der Waals surface area contributed by atoms with Gasteiger partial charge in [-0.2, -0.15) is 0 Å². The second kappa shape index (κ2) is 4.55. The van der Waals surface area contributed by atoms with Gasteiger partial charge in [0.2, 0.25) is 0 Å². The van der Waals surface area contributed by atoms with E-state index in [0.29, 0.717) is 23.1 Å². The van der Waals surface area contributed by atoms with E-state index in [1.807, 2.05) is 0 Å². The smallest absolute Gasteiger partial charge is 0.259 e. The Balaban J connectivity index is 2.60. The normalized spacial score (nSPS) is 9.81. The van der Waals surface area contributed by atoms with Gasteiger partial charge in [0.15, 0.2) is 0 Å². The lowest BCUT2D eigenvalue weighted by molar-refractivity contribution is 0.240. The van der Waals surface area contributed by atoms with Crippen LogP contribution in [0.25, 0.3) is 10.9 Å². The van der Waals surface area contributed by atoms with Crippen molar-refractivity contribution >= 4 is 10.9 Å². The van der Waals surface area contributed by atoms with Crippen LogP contribution in [0.4, 0.5) is 0 Å². The molecule has 5 heteroatoms. The fourth-order valence-corrected chi connectivity index (χ4v) is 1.29. The van der Waals surface area contributed by atoms with Gasteiger partial charge in [0.05, 0.1) is 16.5 Å². The van der Waals surface area contributed by atoms with E-state index in [9.17, 15) is 4.79 Å². The van der Waals surface area contributed by atoms with E-state index >= 15 is 0 Å². The Kier molecular flexibility index (Phi) is 2.94. The summed E-state index contributed by atoms with van der Waals surface area (Å²) in [5.74, 6) is 5.69. The van der Waals surface area contributed by atoms with E-state index in [0.717, 1.165) is 0 Å². The fourth-order valence-electron chi connectivity index (χ4n) is 1.29. The van der Waals surface area contributed by atoms with Crippen molar-refractivity contribution in [2.45, 2.75) is 0 Å². The van der Waals surface area contributed by atoms with Crippen LogP contribution in [0.15, 0.2) is 23.5 Å². The third-order valence-electron chi connectivity index (χ3n) is 2.00. The Hall–Kier alpha value is -2.19. The SMILES string of the molecule is COCC#Cc1c[nH]c(=O)c2cncnc12. The van der Waals surface area contributed by atoms with Crippen LogP contribution in [-0.2, 0) is 4.74 Å². The van der Waals surface area contributed by atoms with Gasteiger partial charge in [0, 0.05) is 19.5 Å². The van der Waals surface area contributed by atoms with Crippen molar-refractivity contribution in [1.29, 1.82) is 0 Å². The van der Waals surface area contributed by atoms with E-state index in [1.54, 1.807) is 13.3 Å². The van der Waals surface area contributed by atoms with E-state index in [2.05, 4.69) is 26.8 Å². The molecule has 0 atom stereocenters. The summed E-state index contributed by atoms with van der Waals surface area (Å²) in [4.78, 5) is 21.9. The molecule has 0 bridgehead atoms. The van der Waals surface area contributed by atoms with Crippen LogP contribution in [0, 0.1) is 11.8 Å². The quantitative estimate of drug-likeness (QED) is 0.695. The number of nitrogens with one attached hydrogen (secondary N) is 1. The van der Waals surface area contributed by atoms with Gasteiger partial charge >= 0.3 is 0 Å². The van der Waals surface area contributed by atoms with Gasteiger partial charge in [-0.15, -0.1) is 0 Å². The predicted molar refractivity (Wildman–Crippen MR) is 58.9 cm³/mol. The zero-order chi connectivity index (χ0) is 11.4. The molecule has 0 aromatic carbocycles. The van der Waals surface area contributed by atoms with Crippen LogP contribution in [0.5, 0.6) is 0 Å². The Morgan fingerprint density at radius 1 is 1.56 bits per heavy atom. The van der Waals surface area contributed by atoms with E-state index < -0.39 is 0 Å². The highest BCUT2D eigenvalue weighted by Gasteiger charge is 2.03. The number of ether oxygens (including phenoxy) is 1. The largest absolute Gasteiger partial charge is 0.372 e. The van der Waals surface area contributed by atoms with Crippen molar-refractivity contribution in [3.8, 4) is 11.8 Å². The van der Waals surface area contributed by atoms with Gasteiger partial charge in [0.25, 0.3) is 5.56 Å². The minimum absolute atomic E-state index is 0.215. The summed E-state index contributed by atoms with van der Waals surface area (Å²) < 4.78 is 4.82. The van der Waals surface area contributed by atoms with Crippen LogP contribution in [0.2, 0.25) is 0 Å². The maximum Gasteiger partial charge on any atom is 0.259 e. The fraction of sp³-hybridized carbons (Fsp3) is 0.182. The topological polar surface area (TPSA) is 67.9 Å². The highest BCUT2D eigenvalue weighted by Crippen LogP contribution is 2.08. The highest BCUT2D eigenvalue weighted by molar-refractivity contribution is 5.82. The zero-order valence-electron chi connectivity index (χ0n) is 8.65. The van der Waals surface area contributed by atoms with Crippen molar-refractivity contribution in [2.75, 3.05) is 13.7 Å². The lowest BCUT2D eigenvalue weighted by Gasteiger charge is -1.97. The summed E-state index contributed by atoms with van der Waals surface area (Å²) in [6.07, 6.45) is 4.41. The summed E-state index contributed by atoms with van der Waals surface area (Å²) in [5.41, 5.74) is 1.00. The monoisotopic (exact) mass is 215 g/mol. The molecule has 0 aliphatic rings. The molecule has 0 saturated heterocycles. The molecule has 0 unspecified atom stereocenters. The molecule has 2 aromatic rings. The predicted octanol–water partition coefficient (Wildman–Crippen LogP) is 0.316. The van der Waals surface area contributed by atoms with Crippen molar-refractivity contribution in [3.05, 3.63) is 34.6 Å². The van der Waals surface area contributed by atoms with Crippen LogP contribution >= 0.6 is 0 Å². The molecule has 0 amide bonds. The highest BCUT2D eigenvalue weighted by atomic mass is 16.5. The minimum atomic E-state index is -0.215. The number of fused-ring (bicyclic) bond motifs is 1. The second-order valence-electron chi connectivity index (χ2n) is 3.05. The number of hydrogen-bond donors (Lipinski definition) is 1. The van der Waals surface area contributed by atoms with E-state index in [1.165, 1.54) is 12.5 Å². The Morgan fingerprint density at radius 2 is 2.44 bits per heavy atom. The minimum Gasteiger partial charge on any atom is -0.372 e. The van der Waals surface area contributed by atoms with Gasteiger partial charge in [-0.3, -0.25) is 4.79 Å². The molecule has 1 N–H and O–H groups in total. The second-order valence-corrected chi connectivity index (χ2v) is 3.05. The first-order valence-electron chi connectivity index (χ1n) is 4.62. The van der Waals surface area contributed by atoms with E-state index in [4.69, 9.17) is 4.74 Å². The zero-order valence-corrected chi connectivity index (χ0v) is 8.65. The summed E-state index contributed by atoms with van der Waals surface area (Å²) in [6.45, 7) is 0.339. The van der Waals surface area contributed by atoms with Crippen LogP contribution < -0.4 is 5.56 Å². The third kappa shape index (κ3) is 1.92. The van der Waals surface area contributed by atoms with Gasteiger partial charge in [-0.25, -0.2) is 9.97 Å². The van der Waals surface area contributed by atoms with Crippen LogP contribution in [-0.4, -0.2) is 28.7 Å². The van der Waals surface area contributed by atoms with E-state index in [-0.39, 0.29) is 5.56 Å². The number of pyridine rings is 1. The summed E-state index contributed by atoms with van der Waals surface area (Å²) >= 11 is 0. The molecule has 2 rings (SSSR count). The van der Waals surface area contributed by atoms with Gasteiger partial charge < -0.3 is 9.72 Å². The maximum absolute atomic E-state index is 11.5. The average molecular weight is 215 g/mol. The lowest BCUT2D eigenvalue weighted by atomic mass is 10.2. The molecule has 0 fully saturated rings. The summed E-state index contributed by atoms with van der Waals surface area (Å²) in [7, 11) is 1.57. The van der Waals surface area contributed by atoms with Crippen molar-refractivity contribution in [2.24, 2.45) is 0 Å². The number of methoxy groups -OCH3 is 1.